The Bertz CT molecular complexity index is 1210. The van der Waals surface area contributed by atoms with Crippen molar-refractivity contribution >= 4 is 35.3 Å². The van der Waals surface area contributed by atoms with Gasteiger partial charge in [-0.3, -0.25) is 14.4 Å². The Kier molecular flexibility index (Phi) is 14.0. The van der Waals surface area contributed by atoms with Crippen LogP contribution in [-0.4, -0.2) is 71.7 Å². The van der Waals surface area contributed by atoms with E-state index in [-0.39, 0.29) is 53.6 Å². The Morgan fingerprint density at radius 1 is 1.14 bits per heavy atom. The second-order valence-electron chi connectivity index (χ2n) is 12.7. The van der Waals surface area contributed by atoms with Crippen molar-refractivity contribution in [3.63, 3.8) is 0 Å². The number of carbonyl (C=O) groups excluding carboxylic acids is 4. The number of aromatic nitrogens is 1. The average molecular weight is 626 g/mol. The third-order valence-corrected chi connectivity index (χ3v) is 9.62. The van der Waals surface area contributed by atoms with Gasteiger partial charge in [-0.1, -0.05) is 71.4 Å². The van der Waals surface area contributed by atoms with Crippen LogP contribution in [0.2, 0.25) is 0 Å². The molecule has 1 aromatic carbocycles. The van der Waals surface area contributed by atoms with E-state index in [0.717, 1.165) is 42.7 Å². The van der Waals surface area contributed by atoms with Gasteiger partial charge in [0, 0.05) is 36.9 Å². The number of carbonyl (C=O) groups is 4. The van der Waals surface area contributed by atoms with Gasteiger partial charge in [-0.15, -0.1) is 11.3 Å². The van der Waals surface area contributed by atoms with Crippen molar-refractivity contribution in [2.45, 2.75) is 104 Å². The summed E-state index contributed by atoms with van der Waals surface area (Å²) in [5, 5.41) is 12.2. The van der Waals surface area contributed by atoms with Gasteiger partial charge >= 0.3 is 0 Å². The number of nitrogens with zero attached hydrogens (tertiary/aromatic N) is 2. The van der Waals surface area contributed by atoms with Gasteiger partial charge < -0.3 is 25.6 Å². The number of nitrogens with one attached hydrogen (secondary N) is 3. The van der Waals surface area contributed by atoms with Gasteiger partial charge in [-0.05, 0) is 56.0 Å². The quantitative estimate of drug-likeness (QED) is 0.224. The number of thiazole rings is 1. The molecule has 0 saturated carbocycles. The average Bonchev–Trinajstić information content (AvgIpc) is 3.72. The van der Waals surface area contributed by atoms with Crippen molar-refractivity contribution in [2.24, 2.45) is 17.8 Å². The van der Waals surface area contributed by atoms with E-state index < -0.39 is 6.04 Å². The number of aldehydes is 1. The number of amides is 3. The van der Waals surface area contributed by atoms with Gasteiger partial charge in [0.05, 0.1) is 11.0 Å². The minimum Gasteiger partial charge on any atom is -0.351 e. The van der Waals surface area contributed by atoms with Crippen molar-refractivity contribution < 1.29 is 19.2 Å². The van der Waals surface area contributed by atoms with Gasteiger partial charge in [-0.2, -0.15) is 0 Å². The van der Waals surface area contributed by atoms with Crippen molar-refractivity contribution in [3.05, 3.63) is 52.0 Å². The molecular weight excluding hydrogens is 574 g/mol. The number of hydrogen-bond acceptors (Lipinski definition) is 7. The highest BCUT2D eigenvalue weighted by atomic mass is 32.1. The summed E-state index contributed by atoms with van der Waals surface area (Å²) >= 11 is 1.44. The second kappa shape index (κ2) is 17.4. The fourth-order valence-corrected chi connectivity index (χ4v) is 6.62. The van der Waals surface area contributed by atoms with Crippen LogP contribution in [0.25, 0.3) is 0 Å². The molecule has 3 rings (SSSR count). The predicted octanol–water partition coefficient (Wildman–Crippen LogP) is 4.41. The normalized spacial score (nSPS) is 18.2. The molecule has 6 unspecified atom stereocenters. The monoisotopic (exact) mass is 625 g/mol. The van der Waals surface area contributed by atoms with Crippen LogP contribution in [-0.2, 0) is 27.2 Å². The molecule has 1 saturated heterocycles. The molecule has 242 valence electrons. The summed E-state index contributed by atoms with van der Waals surface area (Å²) in [5.74, 6) is -0.380. The highest BCUT2D eigenvalue weighted by Gasteiger charge is 2.36. The molecule has 1 aliphatic heterocycles. The van der Waals surface area contributed by atoms with Crippen LogP contribution in [0.5, 0.6) is 0 Å². The van der Waals surface area contributed by atoms with Crippen LogP contribution in [0.3, 0.4) is 0 Å². The Morgan fingerprint density at radius 3 is 2.48 bits per heavy atom. The number of rotatable bonds is 17. The summed E-state index contributed by atoms with van der Waals surface area (Å²) in [6, 6.07) is 8.85. The lowest BCUT2D eigenvalue weighted by Crippen LogP contribution is -2.56. The lowest BCUT2D eigenvalue weighted by molar-refractivity contribution is -0.142. The molecule has 1 aromatic heterocycles. The number of benzene rings is 1. The zero-order valence-electron chi connectivity index (χ0n) is 27.2. The van der Waals surface area contributed by atoms with Crippen molar-refractivity contribution in [1.82, 2.24) is 25.8 Å². The predicted molar refractivity (Wildman–Crippen MR) is 175 cm³/mol. The fourth-order valence-electron chi connectivity index (χ4n) is 5.82. The standard InChI is InChI=1S/C34H51N5O4S/c1-7-24(5)31(39(6)34(43)28-14-11-17-35-28)33(42)38-27(22(2)3)15-16-30-37-29(21-44-30)32(41)36-26(18-23(4)20-40)19-25-12-9-8-10-13-25/h8-10,12-13,20-24,26-28,31,35H,7,11,14-19H2,1-6H3,(H,36,41)(H,38,42). The lowest BCUT2D eigenvalue weighted by Gasteiger charge is -2.35. The van der Waals surface area contributed by atoms with E-state index in [0.29, 0.717) is 31.4 Å². The van der Waals surface area contributed by atoms with E-state index in [2.05, 4.69) is 34.8 Å². The zero-order chi connectivity index (χ0) is 32.2. The van der Waals surface area contributed by atoms with Crippen molar-refractivity contribution in [3.8, 4) is 0 Å². The Hall–Kier alpha value is -3.11. The molecular formula is C34H51N5O4S. The van der Waals surface area contributed by atoms with Gasteiger partial charge in [0.25, 0.3) is 5.91 Å². The maximum Gasteiger partial charge on any atom is 0.270 e. The summed E-state index contributed by atoms with van der Waals surface area (Å²) in [7, 11) is 1.75. The largest absolute Gasteiger partial charge is 0.351 e. The Morgan fingerprint density at radius 2 is 1.86 bits per heavy atom. The smallest absolute Gasteiger partial charge is 0.270 e. The maximum atomic E-state index is 13.6. The molecule has 0 aliphatic carbocycles. The third kappa shape index (κ3) is 10.2. The molecule has 3 amide bonds. The van der Waals surface area contributed by atoms with E-state index in [1.807, 2.05) is 51.1 Å². The first-order valence-electron chi connectivity index (χ1n) is 16.1. The summed E-state index contributed by atoms with van der Waals surface area (Å²) in [5.41, 5.74) is 1.46. The molecule has 44 heavy (non-hydrogen) atoms. The van der Waals surface area contributed by atoms with Crippen molar-refractivity contribution in [2.75, 3.05) is 13.6 Å². The Labute approximate surface area is 267 Å². The molecule has 6 atom stereocenters. The van der Waals surface area contributed by atoms with Crippen molar-refractivity contribution in [1.29, 1.82) is 0 Å². The second-order valence-corrected chi connectivity index (χ2v) is 13.6. The maximum absolute atomic E-state index is 13.6. The molecule has 1 fully saturated rings. The lowest BCUT2D eigenvalue weighted by atomic mass is 9.94. The molecule has 3 N–H and O–H groups in total. The highest BCUT2D eigenvalue weighted by molar-refractivity contribution is 7.09. The Balaban J connectivity index is 1.62. The SMILES string of the molecule is CCC(C)C(C(=O)NC(CCc1nc(C(=O)NC(Cc2ccccc2)CC(C)C=O)cs1)C(C)C)N(C)C(=O)C1CCCN1. The van der Waals surface area contributed by atoms with Crippen LogP contribution in [0, 0.1) is 17.8 Å². The summed E-state index contributed by atoms with van der Waals surface area (Å²) < 4.78 is 0. The van der Waals surface area contributed by atoms with Crippen LogP contribution in [0.1, 0.15) is 87.8 Å². The molecule has 0 radical (unpaired) electrons. The van der Waals surface area contributed by atoms with E-state index in [1.54, 1.807) is 17.3 Å². The molecule has 0 spiro atoms. The summed E-state index contributed by atoms with van der Waals surface area (Å²) in [4.78, 5) is 57.5. The van der Waals surface area contributed by atoms with Crippen LogP contribution in [0.15, 0.2) is 35.7 Å². The van der Waals surface area contributed by atoms with Crippen LogP contribution < -0.4 is 16.0 Å². The number of hydrogen-bond donors (Lipinski definition) is 3. The van der Waals surface area contributed by atoms with Gasteiger partial charge in [-0.25, -0.2) is 4.98 Å². The first-order chi connectivity index (χ1) is 21.0. The summed E-state index contributed by atoms with van der Waals surface area (Å²) in [6.07, 6.45) is 5.93. The molecule has 1 aliphatic rings. The first kappa shape index (κ1) is 35.4. The number of aryl methyl sites for hydroxylation is 1. The first-order valence-corrected chi connectivity index (χ1v) is 17.0. The molecule has 0 bridgehead atoms. The van der Waals surface area contributed by atoms with Crippen LogP contribution >= 0.6 is 11.3 Å². The fraction of sp³-hybridized carbons (Fsp3) is 0.618. The van der Waals surface area contributed by atoms with Gasteiger partial charge in [0.2, 0.25) is 11.8 Å². The van der Waals surface area contributed by atoms with Gasteiger partial charge in [0.1, 0.15) is 18.0 Å². The van der Waals surface area contributed by atoms with E-state index in [9.17, 15) is 19.2 Å². The van der Waals surface area contributed by atoms with E-state index in [1.165, 1.54) is 11.3 Å². The topological polar surface area (TPSA) is 120 Å². The number of likely N-dealkylation sites (N-methyl/N-ethyl adjacent to an activating group) is 1. The molecule has 2 heterocycles. The molecule has 2 aromatic rings. The molecule has 9 nitrogen and oxygen atoms in total. The van der Waals surface area contributed by atoms with E-state index >= 15 is 0 Å². The molecule has 10 heteroatoms. The minimum atomic E-state index is -0.544. The zero-order valence-corrected chi connectivity index (χ0v) is 28.0. The minimum absolute atomic E-state index is 0.0124. The highest BCUT2D eigenvalue weighted by Crippen LogP contribution is 2.21. The van der Waals surface area contributed by atoms with Gasteiger partial charge in [0.15, 0.2) is 0 Å². The summed E-state index contributed by atoms with van der Waals surface area (Å²) in [6.45, 7) is 10.9. The third-order valence-electron chi connectivity index (χ3n) is 8.71. The van der Waals surface area contributed by atoms with E-state index in [4.69, 9.17) is 0 Å². The van der Waals surface area contributed by atoms with Crippen LogP contribution in [0.4, 0.5) is 0 Å².